The maximum absolute atomic E-state index is 12.8. The minimum atomic E-state index is -4.30. The normalized spacial score (nSPS) is 11.4. The minimum Gasteiger partial charge on any atom is -0.367 e. The van der Waals surface area contributed by atoms with Crippen molar-refractivity contribution in [3.05, 3.63) is 87.8 Å². The summed E-state index contributed by atoms with van der Waals surface area (Å²) in [7, 11) is 0. The number of hydrogen-bond acceptors (Lipinski definition) is 5. The monoisotopic (exact) mass is 479 g/mol. The molecular weight excluding hydrogens is 459 g/mol. The number of aldehydes is 1. The number of carbonyl (C=O) groups is 1. The van der Waals surface area contributed by atoms with Gasteiger partial charge in [-0.25, -0.2) is 4.98 Å². The number of hydrogen-bond donors (Lipinski definition) is 1. The number of benzene rings is 2. The van der Waals surface area contributed by atoms with Gasteiger partial charge in [-0.1, -0.05) is 36.4 Å². The highest BCUT2D eigenvalue weighted by Crippen LogP contribution is 2.24. The molecule has 0 saturated heterocycles. The average molecular weight is 479 g/mol. The molecular formula is C25H20F3N5O2. The first-order valence-electron chi connectivity index (χ1n) is 10.8. The van der Waals surface area contributed by atoms with Crippen molar-refractivity contribution in [1.29, 1.82) is 5.26 Å². The quantitative estimate of drug-likeness (QED) is 0.367. The van der Waals surface area contributed by atoms with Gasteiger partial charge in [0.15, 0.2) is 0 Å². The highest BCUT2D eigenvalue weighted by molar-refractivity contribution is 5.74. The van der Waals surface area contributed by atoms with Crippen LogP contribution in [0.4, 0.5) is 19.0 Å². The third-order valence-electron chi connectivity index (χ3n) is 5.46. The van der Waals surface area contributed by atoms with Gasteiger partial charge in [-0.05, 0) is 24.1 Å². The predicted molar refractivity (Wildman–Crippen MR) is 124 cm³/mol. The second-order valence-corrected chi connectivity index (χ2v) is 7.94. The molecule has 2 aromatic heterocycles. The van der Waals surface area contributed by atoms with Crippen LogP contribution in [0.25, 0.3) is 17.0 Å². The molecule has 0 saturated carbocycles. The van der Waals surface area contributed by atoms with Crippen molar-refractivity contribution in [2.45, 2.75) is 32.1 Å². The van der Waals surface area contributed by atoms with E-state index in [1.807, 2.05) is 6.07 Å². The van der Waals surface area contributed by atoms with Gasteiger partial charge < -0.3 is 5.32 Å². The Labute approximate surface area is 198 Å². The highest BCUT2D eigenvalue weighted by atomic mass is 19.4. The molecule has 0 aliphatic heterocycles. The highest BCUT2D eigenvalue weighted by Gasteiger charge is 2.26. The van der Waals surface area contributed by atoms with E-state index in [2.05, 4.69) is 10.3 Å². The number of aryl methyl sites for hydroxylation is 1. The number of anilines is 1. The molecule has 0 radical (unpaired) electrons. The average Bonchev–Trinajstić information content (AvgIpc) is 3.30. The van der Waals surface area contributed by atoms with Gasteiger partial charge in [0, 0.05) is 42.9 Å². The van der Waals surface area contributed by atoms with E-state index >= 15 is 0 Å². The van der Waals surface area contributed by atoms with Crippen molar-refractivity contribution in [2.24, 2.45) is 0 Å². The predicted octanol–water partition coefficient (Wildman–Crippen LogP) is 4.80. The second kappa shape index (κ2) is 9.85. The number of rotatable bonds is 8. The third-order valence-corrected chi connectivity index (χ3v) is 5.46. The van der Waals surface area contributed by atoms with Crippen LogP contribution in [0.15, 0.2) is 65.6 Å². The number of nitriles is 1. The molecule has 0 bridgehead atoms. The fourth-order valence-corrected chi connectivity index (χ4v) is 3.66. The molecule has 178 valence electrons. The largest absolute Gasteiger partial charge is 0.389 e. The zero-order valence-electron chi connectivity index (χ0n) is 18.4. The Kier molecular flexibility index (Phi) is 6.68. The van der Waals surface area contributed by atoms with Gasteiger partial charge in [0.25, 0.3) is 5.56 Å². The van der Waals surface area contributed by atoms with Crippen LogP contribution in [0, 0.1) is 11.3 Å². The van der Waals surface area contributed by atoms with Crippen LogP contribution in [0.1, 0.15) is 34.3 Å². The number of nitrogens with zero attached hydrogens (tertiary/aromatic N) is 4. The maximum atomic E-state index is 12.8. The summed E-state index contributed by atoms with van der Waals surface area (Å²) in [6, 6.07) is 16.8. The van der Waals surface area contributed by atoms with E-state index in [4.69, 9.17) is 5.26 Å². The van der Waals surface area contributed by atoms with Gasteiger partial charge in [0.1, 0.15) is 12.1 Å². The number of fused-ring (bicyclic) bond motifs is 1. The van der Waals surface area contributed by atoms with Gasteiger partial charge in [-0.15, -0.1) is 0 Å². The van der Waals surface area contributed by atoms with Crippen molar-refractivity contribution in [3.63, 3.8) is 0 Å². The first kappa shape index (κ1) is 23.8. The van der Waals surface area contributed by atoms with Crippen LogP contribution in [0.3, 0.4) is 0 Å². The topological polar surface area (TPSA) is 92.2 Å². The van der Waals surface area contributed by atoms with Gasteiger partial charge in [-0.3, -0.25) is 18.6 Å². The lowest BCUT2D eigenvalue weighted by Gasteiger charge is -2.17. The summed E-state index contributed by atoms with van der Waals surface area (Å²) in [5.74, 6) is 0.541. The molecule has 2 aromatic carbocycles. The molecule has 10 heteroatoms. The lowest BCUT2D eigenvalue weighted by atomic mass is 10.1. The lowest BCUT2D eigenvalue weighted by molar-refractivity contribution is -0.135. The molecule has 1 N–H and O–H groups in total. The van der Waals surface area contributed by atoms with Crippen molar-refractivity contribution < 1.29 is 18.0 Å². The van der Waals surface area contributed by atoms with E-state index in [9.17, 15) is 22.8 Å². The standard InChI is InChI=1S/C25H20F3N5O2/c26-25(27,28)10-1-11-32-22(30-14-18-2-4-19(16-34)5-3-18)12-23(35)33-15-21(31-24(32)33)20-8-6-17(13-29)7-9-20/h2-9,12,15-16,30H,1,10-11,14H2. The summed E-state index contributed by atoms with van der Waals surface area (Å²) in [6.07, 6.45) is -3.20. The van der Waals surface area contributed by atoms with Crippen molar-refractivity contribution >= 4 is 17.9 Å². The lowest BCUT2D eigenvalue weighted by Crippen LogP contribution is -2.21. The zero-order chi connectivity index (χ0) is 25.0. The summed E-state index contributed by atoms with van der Waals surface area (Å²) in [4.78, 5) is 28.2. The first-order chi connectivity index (χ1) is 16.8. The Morgan fingerprint density at radius 3 is 2.43 bits per heavy atom. The molecule has 0 unspecified atom stereocenters. The van der Waals surface area contributed by atoms with Crippen LogP contribution in [0.5, 0.6) is 0 Å². The maximum Gasteiger partial charge on any atom is 0.389 e. The van der Waals surface area contributed by atoms with Crippen molar-refractivity contribution in [2.75, 3.05) is 5.32 Å². The van der Waals surface area contributed by atoms with Crippen molar-refractivity contribution in [1.82, 2.24) is 14.0 Å². The van der Waals surface area contributed by atoms with E-state index in [0.717, 1.165) is 11.8 Å². The molecule has 2 heterocycles. The number of carbonyl (C=O) groups excluding carboxylic acids is 1. The number of alkyl halides is 3. The van der Waals surface area contributed by atoms with E-state index in [1.54, 1.807) is 53.1 Å². The van der Waals surface area contributed by atoms with Crippen LogP contribution in [-0.2, 0) is 13.1 Å². The number of imidazole rings is 1. The fourth-order valence-electron chi connectivity index (χ4n) is 3.66. The summed E-state index contributed by atoms with van der Waals surface area (Å²) in [5.41, 5.74) is 2.55. The van der Waals surface area contributed by atoms with Crippen molar-refractivity contribution in [3.8, 4) is 17.3 Å². The van der Waals surface area contributed by atoms with E-state index < -0.39 is 18.2 Å². The van der Waals surface area contributed by atoms with Crippen LogP contribution in [0.2, 0.25) is 0 Å². The summed E-state index contributed by atoms with van der Waals surface area (Å²) in [5, 5.41) is 12.1. The van der Waals surface area contributed by atoms with Gasteiger partial charge >= 0.3 is 6.18 Å². The molecule has 4 aromatic rings. The first-order valence-corrected chi connectivity index (χ1v) is 10.8. The van der Waals surface area contributed by atoms with E-state index in [0.29, 0.717) is 28.2 Å². The Bertz CT molecular complexity index is 1450. The number of halogens is 3. The Morgan fingerprint density at radius 2 is 1.80 bits per heavy atom. The van der Waals surface area contributed by atoms with E-state index in [-0.39, 0.29) is 25.3 Å². The molecule has 7 nitrogen and oxygen atoms in total. The smallest absolute Gasteiger partial charge is 0.367 e. The van der Waals surface area contributed by atoms with Crippen LogP contribution in [-0.4, -0.2) is 26.4 Å². The molecule has 0 aliphatic carbocycles. The summed E-state index contributed by atoms with van der Waals surface area (Å²) in [6.45, 7) is 0.275. The van der Waals surface area contributed by atoms with Crippen LogP contribution >= 0.6 is 0 Å². The minimum absolute atomic E-state index is 0.0144. The molecule has 0 fully saturated rings. The third kappa shape index (κ3) is 5.58. The molecule has 35 heavy (non-hydrogen) atoms. The van der Waals surface area contributed by atoms with Gasteiger partial charge in [0.2, 0.25) is 5.78 Å². The zero-order valence-corrected chi connectivity index (χ0v) is 18.4. The summed E-state index contributed by atoms with van der Waals surface area (Å²) >= 11 is 0. The summed E-state index contributed by atoms with van der Waals surface area (Å²) < 4.78 is 41.3. The fraction of sp³-hybridized carbons (Fsp3) is 0.200. The Morgan fingerprint density at radius 1 is 1.09 bits per heavy atom. The molecule has 0 spiro atoms. The molecule has 0 aliphatic rings. The van der Waals surface area contributed by atoms with Crippen LogP contribution < -0.4 is 10.9 Å². The molecule has 4 rings (SSSR count). The molecule has 0 amide bonds. The van der Waals surface area contributed by atoms with E-state index in [1.165, 1.54) is 16.7 Å². The second-order valence-electron chi connectivity index (χ2n) is 7.94. The Hall–Kier alpha value is -4.39. The Balaban J connectivity index is 1.71. The van der Waals surface area contributed by atoms with Gasteiger partial charge in [-0.2, -0.15) is 18.4 Å². The van der Waals surface area contributed by atoms with Gasteiger partial charge in [0.05, 0.1) is 17.3 Å². The number of nitrogens with one attached hydrogen (secondary N) is 1. The molecule has 0 atom stereocenters. The number of aromatic nitrogens is 3. The SMILES string of the molecule is N#Cc1ccc(-c2cn3c(=O)cc(NCc4ccc(C=O)cc4)n(CCCC(F)(F)F)c3n2)cc1.